The van der Waals surface area contributed by atoms with Crippen LogP contribution in [0.4, 0.5) is 11.4 Å². The molecule has 0 radical (unpaired) electrons. The van der Waals surface area contributed by atoms with Crippen molar-refractivity contribution in [3.05, 3.63) is 33.9 Å². The Bertz CT molecular complexity index is 488. The molecule has 0 aliphatic heterocycles. The first kappa shape index (κ1) is 15.1. The van der Waals surface area contributed by atoms with Crippen molar-refractivity contribution >= 4 is 17.2 Å². The fourth-order valence-corrected chi connectivity index (χ4v) is 1.80. The number of likely N-dealkylation sites (N-methyl/N-ethyl adjacent to an activating group) is 1. The van der Waals surface area contributed by atoms with Crippen LogP contribution in [-0.4, -0.2) is 37.5 Å². The summed E-state index contributed by atoms with van der Waals surface area (Å²) in [5, 5.41) is 11.0. The highest BCUT2D eigenvalue weighted by molar-refractivity contribution is 5.98. The number of carbonyl (C=O) groups is 1. The molecule has 0 spiro atoms. The molecule has 6 heteroatoms. The van der Waals surface area contributed by atoms with Crippen molar-refractivity contribution < 1.29 is 14.5 Å². The Hall–Kier alpha value is -1.95. The van der Waals surface area contributed by atoms with E-state index in [1.807, 2.05) is 18.9 Å². The molecule has 1 rings (SSSR count). The van der Waals surface area contributed by atoms with Gasteiger partial charge < -0.3 is 9.64 Å². The van der Waals surface area contributed by atoms with Crippen LogP contribution >= 0.6 is 0 Å². The average Bonchev–Trinajstić information content (AvgIpc) is 2.37. The van der Waals surface area contributed by atoms with Crippen LogP contribution in [0.3, 0.4) is 0 Å². The van der Waals surface area contributed by atoms with Crippen molar-refractivity contribution in [1.29, 1.82) is 0 Å². The number of nitro groups is 1. The highest BCUT2D eigenvalue weighted by Crippen LogP contribution is 2.26. The first-order valence-corrected chi connectivity index (χ1v) is 5.89. The smallest absolute Gasteiger partial charge is 0.282 e. The third-order valence-electron chi connectivity index (χ3n) is 3.03. The van der Waals surface area contributed by atoms with Gasteiger partial charge in [0.2, 0.25) is 0 Å². The lowest BCUT2D eigenvalue weighted by atomic mass is 10.1. The first-order valence-electron chi connectivity index (χ1n) is 5.89. The van der Waals surface area contributed by atoms with Gasteiger partial charge in [-0.15, -0.1) is 0 Å². The molecule has 19 heavy (non-hydrogen) atoms. The third-order valence-corrected chi connectivity index (χ3v) is 3.03. The van der Waals surface area contributed by atoms with Crippen LogP contribution in [0.2, 0.25) is 0 Å². The second-order valence-corrected chi connectivity index (χ2v) is 4.43. The quantitative estimate of drug-likeness (QED) is 0.448. The van der Waals surface area contributed by atoms with Crippen molar-refractivity contribution in [2.24, 2.45) is 0 Å². The summed E-state index contributed by atoms with van der Waals surface area (Å²) in [4.78, 5) is 23.7. The number of carbonyl (C=O) groups excluding carboxylic acids is 1. The zero-order chi connectivity index (χ0) is 14.6. The minimum atomic E-state index is -0.533. The number of Topliss-reactive ketones (excluding diaryl/α,β-unsaturated/α-hetero) is 1. The number of benzene rings is 1. The molecule has 0 N–H and O–H groups in total. The summed E-state index contributed by atoms with van der Waals surface area (Å²) < 4.78 is 5.06. The van der Waals surface area contributed by atoms with E-state index in [0.717, 1.165) is 0 Å². The summed E-state index contributed by atoms with van der Waals surface area (Å²) in [5.41, 5.74) is 0.643. The molecule has 1 aromatic rings. The monoisotopic (exact) mass is 266 g/mol. The van der Waals surface area contributed by atoms with Crippen molar-refractivity contribution in [3.8, 4) is 0 Å². The number of ketones is 1. The standard InChI is InChI=1S/C13H18N2O4/c1-9(8-19-4)14(3)11-5-6-12(10(2)16)13(7-11)15(17)18/h5-7,9H,8H2,1-4H3. The molecule has 1 aromatic carbocycles. The summed E-state index contributed by atoms with van der Waals surface area (Å²) in [7, 11) is 3.43. The maximum Gasteiger partial charge on any atom is 0.282 e. The van der Waals surface area contributed by atoms with Gasteiger partial charge >= 0.3 is 0 Å². The number of ether oxygens (including phenoxy) is 1. The lowest BCUT2D eigenvalue weighted by molar-refractivity contribution is -0.385. The van der Waals surface area contributed by atoms with Crippen molar-refractivity contribution in [2.45, 2.75) is 19.9 Å². The Morgan fingerprint density at radius 1 is 1.53 bits per heavy atom. The van der Waals surface area contributed by atoms with Crippen LogP contribution in [-0.2, 0) is 4.74 Å². The molecule has 104 valence electrons. The number of anilines is 1. The van der Waals surface area contributed by atoms with E-state index in [0.29, 0.717) is 12.3 Å². The summed E-state index contributed by atoms with van der Waals surface area (Å²) in [6.45, 7) is 3.78. The van der Waals surface area contributed by atoms with E-state index in [2.05, 4.69) is 0 Å². The second-order valence-electron chi connectivity index (χ2n) is 4.43. The van der Waals surface area contributed by atoms with E-state index in [9.17, 15) is 14.9 Å². The van der Waals surface area contributed by atoms with Gasteiger partial charge in [0, 0.05) is 32.0 Å². The summed E-state index contributed by atoms with van der Waals surface area (Å²) >= 11 is 0. The van der Waals surface area contributed by atoms with Gasteiger partial charge in [0.1, 0.15) is 0 Å². The van der Waals surface area contributed by atoms with Crippen LogP contribution < -0.4 is 4.90 Å². The van der Waals surface area contributed by atoms with E-state index in [-0.39, 0.29) is 23.1 Å². The number of nitro benzene ring substituents is 1. The molecule has 6 nitrogen and oxygen atoms in total. The number of rotatable bonds is 6. The lowest BCUT2D eigenvalue weighted by Crippen LogP contribution is -2.32. The Labute approximate surface area is 112 Å². The van der Waals surface area contributed by atoms with Gasteiger partial charge in [-0.2, -0.15) is 0 Å². The van der Waals surface area contributed by atoms with Gasteiger partial charge in [-0.25, -0.2) is 0 Å². The van der Waals surface area contributed by atoms with Gasteiger partial charge in [-0.05, 0) is 26.0 Å². The van der Waals surface area contributed by atoms with Crippen LogP contribution in [0.1, 0.15) is 24.2 Å². The van der Waals surface area contributed by atoms with Crippen LogP contribution in [0, 0.1) is 10.1 Å². The molecule has 0 amide bonds. The molecule has 0 aliphatic rings. The molecule has 0 saturated carbocycles. The fraction of sp³-hybridized carbons (Fsp3) is 0.462. The highest BCUT2D eigenvalue weighted by atomic mass is 16.6. The molecule has 0 fully saturated rings. The molecule has 0 aromatic heterocycles. The van der Waals surface area contributed by atoms with Gasteiger partial charge in [0.25, 0.3) is 5.69 Å². The topological polar surface area (TPSA) is 72.7 Å². The largest absolute Gasteiger partial charge is 0.383 e. The summed E-state index contributed by atoms with van der Waals surface area (Å²) in [5.74, 6) is -0.314. The zero-order valence-electron chi connectivity index (χ0n) is 11.5. The van der Waals surface area contributed by atoms with E-state index in [1.54, 1.807) is 13.2 Å². The molecule has 1 atom stereocenters. The van der Waals surface area contributed by atoms with Gasteiger partial charge in [-0.1, -0.05) is 0 Å². The molecule has 0 saturated heterocycles. The highest BCUT2D eigenvalue weighted by Gasteiger charge is 2.20. The number of hydrogen-bond donors (Lipinski definition) is 0. The van der Waals surface area contributed by atoms with Crippen molar-refractivity contribution in [2.75, 3.05) is 25.7 Å². The minimum absolute atomic E-state index is 0.0767. The number of methoxy groups -OCH3 is 1. The predicted octanol–water partition coefficient (Wildman–Crippen LogP) is 2.27. The van der Waals surface area contributed by atoms with Gasteiger partial charge in [0.05, 0.1) is 17.1 Å². The van der Waals surface area contributed by atoms with Gasteiger partial charge in [0.15, 0.2) is 5.78 Å². The Morgan fingerprint density at radius 2 is 2.16 bits per heavy atom. The Balaban J connectivity index is 3.15. The average molecular weight is 266 g/mol. The summed E-state index contributed by atoms with van der Waals surface area (Å²) in [6.07, 6.45) is 0. The van der Waals surface area contributed by atoms with Crippen LogP contribution in [0.5, 0.6) is 0 Å². The molecular formula is C13H18N2O4. The Kier molecular flexibility index (Phi) is 5.00. The van der Waals surface area contributed by atoms with E-state index in [1.165, 1.54) is 19.1 Å². The maximum absolute atomic E-state index is 11.4. The molecule has 1 unspecified atom stereocenters. The zero-order valence-corrected chi connectivity index (χ0v) is 11.5. The molecule has 0 heterocycles. The fourth-order valence-electron chi connectivity index (χ4n) is 1.80. The van der Waals surface area contributed by atoms with E-state index in [4.69, 9.17) is 4.74 Å². The molecule has 0 aliphatic carbocycles. The van der Waals surface area contributed by atoms with E-state index < -0.39 is 4.92 Å². The Morgan fingerprint density at radius 3 is 2.63 bits per heavy atom. The van der Waals surface area contributed by atoms with Crippen LogP contribution in [0.15, 0.2) is 18.2 Å². The van der Waals surface area contributed by atoms with Crippen molar-refractivity contribution in [3.63, 3.8) is 0 Å². The second kappa shape index (κ2) is 6.29. The lowest BCUT2D eigenvalue weighted by Gasteiger charge is -2.26. The maximum atomic E-state index is 11.4. The van der Waals surface area contributed by atoms with Gasteiger partial charge in [-0.3, -0.25) is 14.9 Å². The normalized spacial score (nSPS) is 12.0. The molecular weight excluding hydrogens is 248 g/mol. The first-order chi connectivity index (χ1) is 8.88. The van der Waals surface area contributed by atoms with E-state index >= 15 is 0 Å². The minimum Gasteiger partial charge on any atom is -0.383 e. The van der Waals surface area contributed by atoms with Crippen molar-refractivity contribution in [1.82, 2.24) is 0 Å². The predicted molar refractivity (Wildman–Crippen MR) is 72.8 cm³/mol. The number of hydrogen-bond acceptors (Lipinski definition) is 5. The van der Waals surface area contributed by atoms with Crippen LogP contribution in [0.25, 0.3) is 0 Å². The number of nitrogens with zero attached hydrogens (tertiary/aromatic N) is 2. The summed E-state index contributed by atoms with van der Waals surface area (Å²) in [6, 6.07) is 4.69. The SMILES string of the molecule is COCC(C)N(C)c1ccc(C(C)=O)c([N+](=O)[O-])c1. The molecule has 0 bridgehead atoms. The third kappa shape index (κ3) is 3.51.